The van der Waals surface area contributed by atoms with Gasteiger partial charge in [-0.05, 0) is 6.08 Å². The summed E-state index contributed by atoms with van der Waals surface area (Å²) in [6, 6.07) is 0. The molecular formula is C7H7BrClF. The fraction of sp³-hybridized carbons (Fsp3) is 0.429. The highest BCUT2D eigenvalue weighted by molar-refractivity contribution is 9.09. The lowest BCUT2D eigenvalue weighted by molar-refractivity contribution is 0.286. The minimum atomic E-state index is -1.70. The number of halogens is 3. The molecule has 0 heterocycles. The van der Waals surface area contributed by atoms with Gasteiger partial charge in [-0.2, -0.15) is 0 Å². The van der Waals surface area contributed by atoms with E-state index in [1.807, 2.05) is 0 Å². The molecule has 56 valence electrons. The van der Waals surface area contributed by atoms with E-state index in [1.54, 1.807) is 18.2 Å². The smallest absolute Gasteiger partial charge is 0.209 e. The van der Waals surface area contributed by atoms with Gasteiger partial charge in [0.05, 0.1) is 0 Å². The summed E-state index contributed by atoms with van der Waals surface area (Å²) in [5, 5.41) is -1.15. The van der Waals surface area contributed by atoms with E-state index in [0.717, 1.165) is 0 Å². The van der Waals surface area contributed by atoms with Crippen LogP contribution in [-0.2, 0) is 0 Å². The summed E-state index contributed by atoms with van der Waals surface area (Å²) < 4.78 is 13.1. The van der Waals surface area contributed by atoms with Crippen LogP contribution in [0.3, 0.4) is 0 Å². The molecule has 0 radical (unpaired) electrons. The average Bonchev–Trinajstić information content (AvgIpc) is 1.87. The Balaban J connectivity index is 2.74. The lowest BCUT2D eigenvalue weighted by Crippen LogP contribution is -2.25. The van der Waals surface area contributed by atoms with Crippen LogP contribution in [0.25, 0.3) is 0 Å². The first kappa shape index (κ1) is 8.28. The van der Waals surface area contributed by atoms with E-state index < -0.39 is 5.13 Å². The molecule has 0 aromatic rings. The Hall–Kier alpha value is 0.180. The molecule has 0 bridgehead atoms. The second-order valence-electron chi connectivity index (χ2n) is 2.18. The largest absolute Gasteiger partial charge is 0.221 e. The van der Waals surface area contributed by atoms with Crippen molar-refractivity contribution >= 4 is 27.5 Å². The fourth-order valence-electron chi connectivity index (χ4n) is 0.788. The van der Waals surface area contributed by atoms with Gasteiger partial charge < -0.3 is 0 Å². The van der Waals surface area contributed by atoms with Crippen molar-refractivity contribution in [1.82, 2.24) is 0 Å². The van der Waals surface area contributed by atoms with E-state index in [2.05, 4.69) is 15.9 Å². The van der Waals surface area contributed by atoms with Crippen LogP contribution in [0.15, 0.2) is 24.3 Å². The molecule has 0 spiro atoms. The summed E-state index contributed by atoms with van der Waals surface area (Å²) in [6.07, 6.45) is 6.53. The molecule has 0 fully saturated rings. The van der Waals surface area contributed by atoms with Gasteiger partial charge in [0.25, 0.3) is 0 Å². The second kappa shape index (κ2) is 3.05. The molecule has 0 nitrogen and oxygen atoms in total. The van der Waals surface area contributed by atoms with Crippen LogP contribution in [0, 0.1) is 5.92 Å². The Morgan fingerprint density at radius 3 is 2.70 bits per heavy atom. The monoisotopic (exact) mass is 224 g/mol. The summed E-state index contributed by atoms with van der Waals surface area (Å²) >= 11 is 8.68. The van der Waals surface area contributed by atoms with Gasteiger partial charge in [-0.25, -0.2) is 4.39 Å². The lowest BCUT2D eigenvalue weighted by Gasteiger charge is -2.22. The number of allylic oxidation sites excluding steroid dienone is 4. The molecule has 0 aromatic carbocycles. The molecule has 3 heteroatoms. The molecule has 0 saturated carbocycles. The topological polar surface area (TPSA) is 0 Å². The van der Waals surface area contributed by atoms with Gasteiger partial charge in [-0.3, -0.25) is 0 Å². The Morgan fingerprint density at radius 2 is 2.30 bits per heavy atom. The Kier molecular flexibility index (Phi) is 2.53. The van der Waals surface area contributed by atoms with E-state index >= 15 is 0 Å². The van der Waals surface area contributed by atoms with Gasteiger partial charge in [-0.15, -0.1) is 0 Å². The Labute approximate surface area is 72.9 Å². The predicted molar refractivity (Wildman–Crippen MR) is 45.3 cm³/mol. The summed E-state index contributed by atoms with van der Waals surface area (Å²) in [5.74, 6) is -0.251. The van der Waals surface area contributed by atoms with Crippen LogP contribution in [0.5, 0.6) is 0 Å². The SMILES string of the molecule is FC1(Cl)C=CC=CC1CBr. The van der Waals surface area contributed by atoms with Crippen LogP contribution in [-0.4, -0.2) is 10.5 Å². The highest BCUT2D eigenvalue weighted by Gasteiger charge is 2.32. The lowest BCUT2D eigenvalue weighted by atomic mass is 10.0. The van der Waals surface area contributed by atoms with Crippen LogP contribution in [0.4, 0.5) is 4.39 Å². The molecule has 2 atom stereocenters. The Morgan fingerprint density at radius 1 is 1.60 bits per heavy atom. The highest BCUT2D eigenvalue weighted by Crippen LogP contribution is 2.33. The number of hydrogen-bond donors (Lipinski definition) is 0. The first-order chi connectivity index (χ1) is 4.67. The maximum atomic E-state index is 13.1. The van der Waals surface area contributed by atoms with E-state index in [1.165, 1.54) is 6.08 Å². The molecule has 1 aliphatic rings. The van der Waals surface area contributed by atoms with E-state index in [9.17, 15) is 4.39 Å². The van der Waals surface area contributed by atoms with E-state index in [4.69, 9.17) is 11.6 Å². The standard InChI is InChI=1S/C7H7BrClF/c8-5-6-3-1-2-4-7(6,9)10/h1-4,6H,5H2. The molecule has 0 aliphatic heterocycles. The third-order valence-electron chi connectivity index (χ3n) is 1.43. The maximum absolute atomic E-state index is 13.1. The van der Waals surface area contributed by atoms with Crippen molar-refractivity contribution in [3.05, 3.63) is 24.3 Å². The van der Waals surface area contributed by atoms with E-state index in [-0.39, 0.29) is 5.92 Å². The van der Waals surface area contributed by atoms with Gasteiger partial charge in [0.15, 0.2) is 0 Å². The quantitative estimate of drug-likeness (QED) is 0.602. The average molecular weight is 225 g/mol. The molecule has 0 amide bonds. The normalized spacial score (nSPS) is 38.5. The van der Waals surface area contributed by atoms with Gasteiger partial charge >= 0.3 is 0 Å². The Bertz CT molecular complexity index is 174. The zero-order chi connectivity index (χ0) is 7.61. The number of rotatable bonds is 1. The summed E-state index contributed by atoms with van der Waals surface area (Å²) in [4.78, 5) is 0. The second-order valence-corrected chi connectivity index (χ2v) is 3.41. The van der Waals surface area contributed by atoms with Crippen LogP contribution < -0.4 is 0 Å². The van der Waals surface area contributed by atoms with E-state index in [0.29, 0.717) is 5.33 Å². The first-order valence-electron chi connectivity index (χ1n) is 2.96. The van der Waals surface area contributed by atoms with Crippen molar-refractivity contribution in [3.63, 3.8) is 0 Å². The molecule has 0 saturated heterocycles. The van der Waals surface area contributed by atoms with Crippen molar-refractivity contribution in [2.75, 3.05) is 5.33 Å². The van der Waals surface area contributed by atoms with Crippen molar-refractivity contribution in [3.8, 4) is 0 Å². The minimum Gasteiger partial charge on any atom is -0.221 e. The highest BCUT2D eigenvalue weighted by atomic mass is 79.9. The summed E-state index contributed by atoms with van der Waals surface area (Å²) in [7, 11) is 0. The maximum Gasteiger partial charge on any atom is 0.209 e. The number of alkyl halides is 3. The zero-order valence-corrected chi connectivity index (χ0v) is 7.57. The minimum absolute atomic E-state index is 0.251. The van der Waals surface area contributed by atoms with Crippen molar-refractivity contribution in [2.24, 2.45) is 5.92 Å². The zero-order valence-electron chi connectivity index (χ0n) is 5.23. The van der Waals surface area contributed by atoms with Crippen molar-refractivity contribution < 1.29 is 4.39 Å². The summed E-state index contributed by atoms with van der Waals surface area (Å²) in [6.45, 7) is 0. The molecule has 2 unspecified atom stereocenters. The predicted octanol–water partition coefficient (Wildman–Crippen LogP) is 3.03. The molecule has 10 heavy (non-hydrogen) atoms. The van der Waals surface area contributed by atoms with Gasteiger partial charge in [0.1, 0.15) is 0 Å². The number of hydrogen-bond acceptors (Lipinski definition) is 0. The van der Waals surface area contributed by atoms with Gasteiger partial charge in [-0.1, -0.05) is 45.8 Å². The van der Waals surface area contributed by atoms with Gasteiger partial charge in [0, 0.05) is 11.2 Å². The van der Waals surface area contributed by atoms with Crippen molar-refractivity contribution in [1.29, 1.82) is 0 Å². The fourth-order valence-corrected chi connectivity index (χ4v) is 1.88. The van der Waals surface area contributed by atoms with Gasteiger partial charge in [0.2, 0.25) is 5.13 Å². The third-order valence-corrected chi connectivity index (χ3v) is 2.54. The molecule has 1 aliphatic carbocycles. The molecule has 0 N–H and O–H groups in total. The van der Waals surface area contributed by atoms with Crippen LogP contribution in [0.1, 0.15) is 0 Å². The summed E-state index contributed by atoms with van der Waals surface area (Å²) in [5.41, 5.74) is 0. The molecule has 0 aromatic heterocycles. The molecular weight excluding hydrogens is 218 g/mol. The van der Waals surface area contributed by atoms with Crippen LogP contribution >= 0.6 is 27.5 Å². The molecule has 1 rings (SSSR count). The van der Waals surface area contributed by atoms with Crippen molar-refractivity contribution in [2.45, 2.75) is 5.13 Å². The van der Waals surface area contributed by atoms with Crippen LogP contribution in [0.2, 0.25) is 0 Å². The first-order valence-corrected chi connectivity index (χ1v) is 4.46. The third kappa shape index (κ3) is 1.61.